The Morgan fingerprint density at radius 2 is 1.79 bits per heavy atom. The second kappa shape index (κ2) is 5.18. The first-order chi connectivity index (χ1) is 8.89. The lowest BCUT2D eigenvalue weighted by Gasteiger charge is -2.69. The van der Waals surface area contributed by atoms with E-state index in [9.17, 15) is 4.79 Å². The fourth-order valence-corrected chi connectivity index (χ4v) is 4.05. The average Bonchev–Trinajstić information content (AvgIpc) is 2.28. The smallest absolute Gasteiger partial charge is 0.293 e. The third-order valence-electron chi connectivity index (χ3n) is 5.12. The van der Waals surface area contributed by atoms with Crippen molar-refractivity contribution in [2.75, 3.05) is 0 Å². The van der Waals surface area contributed by atoms with Gasteiger partial charge in [-0.3, -0.25) is 4.79 Å². The van der Waals surface area contributed by atoms with Crippen LogP contribution in [-0.4, -0.2) is 17.7 Å². The molecule has 0 atom stereocenters. The number of carbonyl (C=O) groups is 1. The number of aliphatic hydroxyl groups excluding tert-OH is 1. The van der Waals surface area contributed by atoms with E-state index in [1.165, 1.54) is 32.1 Å². The van der Waals surface area contributed by atoms with Crippen molar-refractivity contribution in [2.24, 2.45) is 16.7 Å². The average molecular weight is 266 g/mol. The quantitative estimate of drug-likeness (QED) is 0.620. The molecule has 0 heterocycles. The fourth-order valence-electron chi connectivity index (χ4n) is 4.05. The number of hydrogen-bond donors (Lipinski definition) is 1. The summed E-state index contributed by atoms with van der Waals surface area (Å²) in [7, 11) is 0. The van der Waals surface area contributed by atoms with Gasteiger partial charge in [0.2, 0.25) is 0 Å². The van der Waals surface area contributed by atoms with Gasteiger partial charge in [-0.05, 0) is 56.3 Å². The minimum Gasteiger partial charge on any atom is -0.512 e. The van der Waals surface area contributed by atoms with Crippen molar-refractivity contribution >= 4 is 6.47 Å². The summed E-state index contributed by atoms with van der Waals surface area (Å²) in [5.41, 5.74) is 0.778. The van der Waals surface area contributed by atoms with Crippen LogP contribution in [0.4, 0.5) is 0 Å². The Morgan fingerprint density at radius 3 is 2.11 bits per heavy atom. The molecule has 0 spiro atoms. The molecule has 0 aliphatic heterocycles. The molecule has 108 valence electrons. The van der Waals surface area contributed by atoms with E-state index in [0.717, 1.165) is 18.8 Å². The molecule has 4 fully saturated rings. The van der Waals surface area contributed by atoms with E-state index < -0.39 is 0 Å². The Kier molecular flexibility index (Phi) is 3.93. The SMILES string of the molecule is C=C(O)C12CC(C)(C1)C2.CC1CCC(OC=O)CC1. The highest BCUT2D eigenvalue weighted by Gasteiger charge is 2.66. The van der Waals surface area contributed by atoms with Gasteiger partial charge >= 0.3 is 0 Å². The molecule has 4 aliphatic carbocycles. The van der Waals surface area contributed by atoms with Crippen LogP contribution < -0.4 is 0 Å². The van der Waals surface area contributed by atoms with Crippen molar-refractivity contribution in [1.29, 1.82) is 0 Å². The normalized spacial score (nSPS) is 42.8. The molecule has 3 nitrogen and oxygen atoms in total. The molecule has 4 saturated carbocycles. The lowest BCUT2D eigenvalue weighted by Crippen LogP contribution is -2.60. The molecule has 0 radical (unpaired) electrons. The first kappa shape index (κ1) is 14.4. The summed E-state index contributed by atoms with van der Waals surface area (Å²) in [5.74, 6) is 1.25. The summed E-state index contributed by atoms with van der Waals surface area (Å²) in [4.78, 5) is 9.93. The second-order valence-corrected chi connectivity index (χ2v) is 7.18. The number of allylic oxidation sites excluding steroid dienone is 1. The van der Waals surface area contributed by atoms with Crippen LogP contribution in [0.2, 0.25) is 0 Å². The molecule has 19 heavy (non-hydrogen) atoms. The standard InChI is InChI=1S/C8H14O2.C8H12O/c1-7-2-4-8(5-3-7)10-6-9;1-6(9)8-3-7(2,4-8)5-8/h6-8H,2-5H2,1H3;9H,1,3-5H2,2H3. The first-order valence-electron chi connectivity index (χ1n) is 7.37. The Hall–Kier alpha value is -0.990. The van der Waals surface area contributed by atoms with Crippen LogP contribution in [0.15, 0.2) is 12.3 Å². The maximum absolute atomic E-state index is 9.93. The zero-order valence-electron chi connectivity index (χ0n) is 12.2. The van der Waals surface area contributed by atoms with Gasteiger partial charge in [0.15, 0.2) is 0 Å². The number of aliphatic hydroxyl groups is 1. The molecule has 4 rings (SSSR count). The molecule has 2 bridgehead atoms. The number of carbonyl (C=O) groups excluding carboxylic acids is 1. The number of hydrogen-bond acceptors (Lipinski definition) is 3. The zero-order chi connectivity index (χ0) is 14.1. The molecule has 0 aromatic heterocycles. The van der Waals surface area contributed by atoms with Gasteiger partial charge in [-0.1, -0.05) is 20.4 Å². The van der Waals surface area contributed by atoms with E-state index in [0.29, 0.717) is 17.6 Å². The van der Waals surface area contributed by atoms with Crippen molar-refractivity contribution < 1.29 is 14.6 Å². The molecule has 0 saturated heterocycles. The molecule has 1 N–H and O–H groups in total. The molecular formula is C16H26O3. The van der Waals surface area contributed by atoms with E-state index in [1.807, 2.05) is 0 Å². The molecular weight excluding hydrogens is 240 g/mol. The first-order valence-corrected chi connectivity index (χ1v) is 7.37. The van der Waals surface area contributed by atoms with E-state index >= 15 is 0 Å². The van der Waals surface area contributed by atoms with Crippen LogP contribution in [0.25, 0.3) is 0 Å². The van der Waals surface area contributed by atoms with Gasteiger partial charge in [0, 0.05) is 5.41 Å². The predicted molar refractivity (Wildman–Crippen MR) is 74.7 cm³/mol. The van der Waals surface area contributed by atoms with E-state index in [1.54, 1.807) is 0 Å². The van der Waals surface area contributed by atoms with Crippen LogP contribution in [-0.2, 0) is 9.53 Å². The van der Waals surface area contributed by atoms with Crippen LogP contribution in [0, 0.1) is 16.7 Å². The van der Waals surface area contributed by atoms with Crippen molar-refractivity contribution in [3.8, 4) is 0 Å². The Morgan fingerprint density at radius 1 is 1.26 bits per heavy atom. The van der Waals surface area contributed by atoms with Crippen molar-refractivity contribution in [1.82, 2.24) is 0 Å². The van der Waals surface area contributed by atoms with Crippen molar-refractivity contribution in [3.63, 3.8) is 0 Å². The van der Waals surface area contributed by atoms with Gasteiger partial charge in [0.25, 0.3) is 6.47 Å². The van der Waals surface area contributed by atoms with E-state index in [4.69, 9.17) is 9.84 Å². The Bertz CT molecular complexity index is 333. The molecule has 0 aromatic rings. The lowest BCUT2D eigenvalue weighted by molar-refractivity contribution is -0.181. The largest absolute Gasteiger partial charge is 0.512 e. The molecule has 3 heteroatoms. The lowest BCUT2D eigenvalue weighted by atomic mass is 9.35. The van der Waals surface area contributed by atoms with Gasteiger partial charge in [-0.2, -0.15) is 0 Å². The van der Waals surface area contributed by atoms with Gasteiger partial charge in [-0.25, -0.2) is 0 Å². The third-order valence-corrected chi connectivity index (χ3v) is 5.12. The van der Waals surface area contributed by atoms with Crippen LogP contribution in [0.1, 0.15) is 58.8 Å². The summed E-state index contributed by atoms with van der Waals surface area (Å²) in [5, 5.41) is 9.09. The summed E-state index contributed by atoms with van der Waals surface area (Å²) in [6.45, 7) is 8.67. The van der Waals surface area contributed by atoms with Crippen molar-refractivity contribution in [3.05, 3.63) is 12.3 Å². The Labute approximate surface area is 116 Å². The third kappa shape index (κ3) is 2.96. The molecule has 0 aromatic carbocycles. The molecule has 0 amide bonds. The maximum Gasteiger partial charge on any atom is 0.293 e. The fraction of sp³-hybridized carbons (Fsp3) is 0.812. The van der Waals surface area contributed by atoms with Crippen LogP contribution >= 0.6 is 0 Å². The maximum atomic E-state index is 9.93. The molecule has 4 aliphatic rings. The number of rotatable bonds is 3. The summed E-state index contributed by atoms with van der Waals surface area (Å²) < 4.78 is 4.85. The molecule has 0 unspecified atom stereocenters. The number of ether oxygens (including phenoxy) is 1. The van der Waals surface area contributed by atoms with Crippen LogP contribution in [0.3, 0.4) is 0 Å². The monoisotopic (exact) mass is 266 g/mol. The minimum absolute atomic E-state index is 0.189. The van der Waals surface area contributed by atoms with Gasteiger partial charge in [0.1, 0.15) is 6.10 Å². The summed E-state index contributed by atoms with van der Waals surface area (Å²) in [6, 6.07) is 0. The summed E-state index contributed by atoms with van der Waals surface area (Å²) in [6.07, 6.45) is 8.27. The highest BCUT2D eigenvalue weighted by molar-refractivity contribution is 5.37. The predicted octanol–water partition coefficient (Wildman–Crippen LogP) is 3.99. The highest BCUT2D eigenvalue weighted by atomic mass is 16.5. The van der Waals surface area contributed by atoms with Gasteiger partial charge in [0.05, 0.1) is 5.76 Å². The second-order valence-electron chi connectivity index (χ2n) is 7.18. The Balaban J connectivity index is 0.000000141. The van der Waals surface area contributed by atoms with E-state index in [-0.39, 0.29) is 11.5 Å². The van der Waals surface area contributed by atoms with Crippen LogP contribution in [0.5, 0.6) is 0 Å². The zero-order valence-corrected chi connectivity index (χ0v) is 12.2. The van der Waals surface area contributed by atoms with E-state index in [2.05, 4.69) is 20.4 Å². The van der Waals surface area contributed by atoms with Gasteiger partial charge in [-0.15, -0.1) is 0 Å². The summed E-state index contributed by atoms with van der Waals surface area (Å²) >= 11 is 0. The van der Waals surface area contributed by atoms with Gasteiger partial charge < -0.3 is 9.84 Å². The topological polar surface area (TPSA) is 46.5 Å². The van der Waals surface area contributed by atoms with Crippen molar-refractivity contribution in [2.45, 2.75) is 64.9 Å². The minimum atomic E-state index is 0.189. The highest BCUT2D eigenvalue weighted by Crippen LogP contribution is 2.75.